The maximum absolute atomic E-state index is 5.54. The Morgan fingerprint density at radius 1 is 1.24 bits per heavy atom. The second kappa shape index (κ2) is 5.65. The maximum atomic E-state index is 5.54. The van der Waals surface area contributed by atoms with Gasteiger partial charge in [0.15, 0.2) is 11.5 Å². The van der Waals surface area contributed by atoms with Crippen LogP contribution >= 0.6 is 11.8 Å². The summed E-state index contributed by atoms with van der Waals surface area (Å²) in [7, 11) is 3.41. The molecule has 3 nitrogen and oxygen atoms in total. The van der Waals surface area contributed by atoms with Gasteiger partial charge in [-0.05, 0) is 31.7 Å². The minimum Gasteiger partial charge on any atom is -0.492 e. The molecule has 1 fully saturated rings. The number of benzene rings is 1. The van der Waals surface area contributed by atoms with Crippen molar-refractivity contribution in [2.75, 3.05) is 27.0 Å². The van der Waals surface area contributed by atoms with E-state index in [0.717, 1.165) is 29.4 Å². The number of thioether (sulfide) groups is 1. The number of rotatable bonds is 4. The number of hydrogen-bond donors (Lipinski definition) is 1. The molecule has 0 saturated carbocycles. The van der Waals surface area contributed by atoms with Crippen LogP contribution in [0.5, 0.6) is 11.5 Å². The van der Waals surface area contributed by atoms with Gasteiger partial charge in [-0.1, -0.05) is 6.07 Å². The average molecular weight is 253 g/mol. The topological polar surface area (TPSA) is 30.5 Å². The lowest BCUT2D eigenvalue weighted by molar-refractivity contribution is 0.341. The molecular weight excluding hydrogens is 234 g/mol. The summed E-state index contributed by atoms with van der Waals surface area (Å²) in [6.07, 6.45) is 4.43. The molecule has 0 amide bonds. The largest absolute Gasteiger partial charge is 0.492 e. The molecule has 2 rings (SSSR count). The SMILES string of the molecule is COc1c(SC)ccc(C2CCCN2)c1OC. The van der Waals surface area contributed by atoms with E-state index in [1.165, 1.54) is 12.0 Å². The molecule has 4 heteroatoms. The van der Waals surface area contributed by atoms with Crippen molar-refractivity contribution >= 4 is 11.8 Å². The second-order valence-corrected chi connectivity index (χ2v) is 4.92. The molecule has 1 aliphatic rings. The van der Waals surface area contributed by atoms with Crippen LogP contribution in [0.1, 0.15) is 24.4 Å². The summed E-state index contributed by atoms with van der Waals surface area (Å²) in [6.45, 7) is 1.08. The van der Waals surface area contributed by atoms with Gasteiger partial charge in [-0.15, -0.1) is 11.8 Å². The van der Waals surface area contributed by atoms with Crippen LogP contribution in [0.3, 0.4) is 0 Å². The van der Waals surface area contributed by atoms with E-state index >= 15 is 0 Å². The highest BCUT2D eigenvalue weighted by atomic mass is 32.2. The predicted octanol–water partition coefficient (Wildman–Crippen LogP) is 2.85. The van der Waals surface area contributed by atoms with Crippen LogP contribution in [-0.2, 0) is 0 Å². The van der Waals surface area contributed by atoms with Crippen LogP contribution in [0.25, 0.3) is 0 Å². The Morgan fingerprint density at radius 3 is 2.53 bits per heavy atom. The van der Waals surface area contributed by atoms with E-state index in [-0.39, 0.29) is 0 Å². The van der Waals surface area contributed by atoms with Gasteiger partial charge in [0.1, 0.15) is 0 Å². The molecule has 0 radical (unpaired) electrons. The Bertz CT molecular complexity index is 389. The normalized spacial score (nSPS) is 19.4. The minimum absolute atomic E-state index is 0.398. The van der Waals surface area contributed by atoms with E-state index in [1.54, 1.807) is 26.0 Å². The Labute approximate surface area is 107 Å². The van der Waals surface area contributed by atoms with Crippen LogP contribution in [0.2, 0.25) is 0 Å². The fourth-order valence-corrected chi connectivity index (χ4v) is 2.91. The van der Waals surface area contributed by atoms with Gasteiger partial charge in [0.2, 0.25) is 0 Å². The second-order valence-electron chi connectivity index (χ2n) is 4.07. The monoisotopic (exact) mass is 253 g/mol. The molecule has 0 spiro atoms. The average Bonchev–Trinajstić information content (AvgIpc) is 2.90. The Hall–Kier alpha value is -0.870. The van der Waals surface area contributed by atoms with Gasteiger partial charge in [-0.3, -0.25) is 0 Å². The van der Waals surface area contributed by atoms with E-state index in [4.69, 9.17) is 9.47 Å². The fourth-order valence-electron chi connectivity index (χ4n) is 2.35. The summed E-state index contributed by atoms with van der Waals surface area (Å²) < 4.78 is 11.0. The summed E-state index contributed by atoms with van der Waals surface area (Å²) >= 11 is 1.68. The highest BCUT2D eigenvalue weighted by molar-refractivity contribution is 7.98. The van der Waals surface area contributed by atoms with E-state index in [2.05, 4.69) is 17.4 Å². The van der Waals surface area contributed by atoms with Crippen LogP contribution in [-0.4, -0.2) is 27.0 Å². The third kappa shape index (κ3) is 2.38. The number of methoxy groups -OCH3 is 2. The molecule has 1 aromatic rings. The van der Waals surface area contributed by atoms with Gasteiger partial charge in [0.05, 0.1) is 19.1 Å². The van der Waals surface area contributed by atoms with Crippen molar-refractivity contribution in [3.05, 3.63) is 17.7 Å². The number of nitrogens with one attached hydrogen (secondary N) is 1. The van der Waals surface area contributed by atoms with Crippen molar-refractivity contribution in [1.82, 2.24) is 5.32 Å². The van der Waals surface area contributed by atoms with Crippen molar-refractivity contribution in [2.45, 2.75) is 23.8 Å². The molecule has 0 aliphatic carbocycles. The predicted molar refractivity (Wildman–Crippen MR) is 71.3 cm³/mol. The van der Waals surface area contributed by atoms with Crippen LogP contribution in [0.15, 0.2) is 17.0 Å². The first-order valence-corrected chi connectivity index (χ1v) is 7.06. The molecule has 1 aliphatic heterocycles. The molecule has 94 valence electrons. The number of hydrogen-bond acceptors (Lipinski definition) is 4. The molecule has 0 aromatic heterocycles. The van der Waals surface area contributed by atoms with Gasteiger partial charge in [0, 0.05) is 11.6 Å². The highest BCUT2D eigenvalue weighted by Crippen LogP contribution is 2.43. The van der Waals surface area contributed by atoms with Gasteiger partial charge in [-0.25, -0.2) is 0 Å². The zero-order valence-electron chi connectivity index (χ0n) is 10.6. The molecule has 1 unspecified atom stereocenters. The highest BCUT2D eigenvalue weighted by Gasteiger charge is 2.23. The minimum atomic E-state index is 0.398. The Morgan fingerprint density at radius 2 is 2.00 bits per heavy atom. The summed E-state index contributed by atoms with van der Waals surface area (Å²) in [5.41, 5.74) is 1.21. The first-order chi connectivity index (χ1) is 8.31. The molecule has 1 saturated heterocycles. The molecular formula is C13H19NO2S. The summed E-state index contributed by atoms with van der Waals surface area (Å²) in [5, 5.41) is 3.49. The van der Waals surface area contributed by atoms with Gasteiger partial charge in [0.25, 0.3) is 0 Å². The van der Waals surface area contributed by atoms with E-state index in [1.807, 2.05) is 6.26 Å². The van der Waals surface area contributed by atoms with Gasteiger partial charge >= 0.3 is 0 Å². The summed E-state index contributed by atoms with van der Waals surface area (Å²) in [6, 6.07) is 4.66. The zero-order valence-corrected chi connectivity index (χ0v) is 11.4. The maximum Gasteiger partial charge on any atom is 0.174 e. The van der Waals surface area contributed by atoms with Crippen LogP contribution in [0.4, 0.5) is 0 Å². The quantitative estimate of drug-likeness (QED) is 0.836. The Kier molecular flexibility index (Phi) is 4.18. The van der Waals surface area contributed by atoms with Gasteiger partial charge in [-0.2, -0.15) is 0 Å². The Balaban J connectivity index is 2.44. The van der Waals surface area contributed by atoms with Crippen molar-refractivity contribution in [3.63, 3.8) is 0 Å². The molecule has 1 atom stereocenters. The van der Waals surface area contributed by atoms with E-state index in [9.17, 15) is 0 Å². The third-order valence-electron chi connectivity index (χ3n) is 3.17. The first-order valence-electron chi connectivity index (χ1n) is 5.84. The van der Waals surface area contributed by atoms with Gasteiger partial charge < -0.3 is 14.8 Å². The van der Waals surface area contributed by atoms with Crippen molar-refractivity contribution in [1.29, 1.82) is 0 Å². The standard InChI is InChI=1S/C13H19NO2S/c1-15-12-9(10-5-4-8-14-10)6-7-11(17-3)13(12)16-2/h6-7,10,14H,4-5,8H2,1-3H3. The summed E-state index contributed by atoms with van der Waals surface area (Å²) in [4.78, 5) is 1.12. The van der Waals surface area contributed by atoms with E-state index in [0.29, 0.717) is 6.04 Å². The lowest BCUT2D eigenvalue weighted by Gasteiger charge is -2.19. The fraction of sp³-hybridized carbons (Fsp3) is 0.538. The molecule has 0 bridgehead atoms. The van der Waals surface area contributed by atoms with Crippen molar-refractivity contribution < 1.29 is 9.47 Å². The molecule has 17 heavy (non-hydrogen) atoms. The third-order valence-corrected chi connectivity index (χ3v) is 3.93. The lowest BCUT2D eigenvalue weighted by atomic mass is 10.0. The summed E-state index contributed by atoms with van der Waals surface area (Å²) in [5.74, 6) is 1.73. The van der Waals surface area contributed by atoms with Crippen molar-refractivity contribution in [3.8, 4) is 11.5 Å². The molecule has 1 N–H and O–H groups in total. The zero-order chi connectivity index (χ0) is 12.3. The molecule has 1 aromatic carbocycles. The first kappa shape index (κ1) is 12.6. The van der Waals surface area contributed by atoms with Crippen LogP contribution in [0, 0.1) is 0 Å². The van der Waals surface area contributed by atoms with E-state index < -0.39 is 0 Å². The smallest absolute Gasteiger partial charge is 0.174 e. The van der Waals surface area contributed by atoms with Crippen LogP contribution < -0.4 is 14.8 Å². The molecule has 1 heterocycles. The van der Waals surface area contributed by atoms with Crippen molar-refractivity contribution in [2.24, 2.45) is 0 Å². The number of ether oxygens (including phenoxy) is 2. The lowest BCUT2D eigenvalue weighted by Crippen LogP contribution is -2.14.